The minimum absolute atomic E-state index is 0.0382. The molecule has 2 aromatic carbocycles. The molecule has 30 heavy (non-hydrogen) atoms. The van der Waals surface area contributed by atoms with Crippen LogP contribution < -0.4 is 0 Å². The zero-order chi connectivity index (χ0) is 20.5. The number of hydrogen-bond donors (Lipinski definition) is 0. The zero-order valence-electron chi connectivity index (χ0n) is 17.3. The van der Waals surface area contributed by atoms with Crippen molar-refractivity contribution in [3.05, 3.63) is 71.3 Å². The van der Waals surface area contributed by atoms with Gasteiger partial charge in [0.2, 0.25) is 0 Å². The van der Waals surface area contributed by atoms with Gasteiger partial charge in [-0.3, -0.25) is 4.90 Å². The number of rotatable bonds is 5. The molecule has 2 atom stereocenters. The molecule has 0 aromatic heterocycles. The van der Waals surface area contributed by atoms with Crippen LogP contribution in [0.2, 0.25) is 0 Å². The molecule has 1 aliphatic carbocycles. The molecule has 2 unspecified atom stereocenters. The first kappa shape index (κ1) is 19.3. The summed E-state index contributed by atoms with van der Waals surface area (Å²) in [5, 5.41) is 0. The van der Waals surface area contributed by atoms with E-state index in [1.165, 1.54) is 27.8 Å². The largest absolute Gasteiger partial charge is 0.448 e. The molecule has 5 nitrogen and oxygen atoms in total. The average Bonchev–Trinajstić information content (AvgIpc) is 3.09. The van der Waals surface area contributed by atoms with Crippen LogP contribution in [0.4, 0.5) is 4.79 Å². The molecule has 0 spiro atoms. The van der Waals surface area contributed by atoms with E-state index >= 15 is 0 Å². The molecule has 2 heterocycles. The standard InChI is InChI=1S/C25H27NO4/c1-28-11-10-17-12-18-14-29-15-19(13-17)26(18)25(27)30-16-24-22-8-4-2-6-20(22)21-7-3-5-9-23(21)24/h2-9,12,18-19,24H,10-11,13-16H2,1H3. The number of methoxy groups -OCH3 is 1. The highest BCUT2D eigenvalue weighted by Gasteiger charge is 2.39. The Morgan fingerprint density at radius 2 is 1.77 bits per heavy atom. The topological polar surface area (TPSA) is 48.0 Å². The molecule has 2 bridgehead atoms. The molecular weight excluding hydrogens is 378 g/mol. The van der Waals surface area contributed by atoms with Crippen LogP contribution in [0, 0.1) is 0 Å². The summed E-state index contributed by atoms with van der Waals surface area (Å²) < 4.78 is 16.8. The first-order chi connectivity index (χ1) is 14.8. The van der Waals surface area contributed by atoms with Gasteiger partial charge in [0.15, 0.2) is 0 Å². The van der Waals surface area contributed by atoms with Crippen molar-refractivity contribution in [3.8, 4) is 11.1 Å². The smallest absolute Gasteiger partial charge is 0.410 e. The Labute approximate surface area is 177 Å². The van der Waals surface area contributed by atoms with Crippen LogP contribution in [0.15, 0.2) is 60.2 Å². The van der Waals surface area contributed by atoms with Gasteiger partial charge in [0, 0.05) is 19.6 Å². The molecule has 0 saturated carbocycles. The minimum Gasteiger partial charge on any atom is -0.448 e. The van der Waals surface area contributed by atoms with E-state index in [1.807, 2.05) is 4.90 Å². The van der Waals surface area contributed by atoms with Crippen molar-refractivity contribution >= 4 is 6.09 Å². The number of benzene rings is 2. The Hall–Kier alpha value is -2.63. The number of fused-ring (bicyclic) bond motifs is 5. The Morgan fingerprint density at radius 1 is 1.07 bits per heavy atom. The number of carbonyl (C=O) groups excluding carboxylic acids is 1. The van der Waals surface area contributed by atoms with Crippen molar-refractivity contribution in [1.82, 2.24) is 4.90 Å². The van der Waals surface area contributed by atoms with E-state index in [0.717, 1.165) is 12.8 Å². The maximum atomic E-state index is 13.1. The fourth-order valence-electron chi connectivity index (χ4n) is 5.06. The van der Waals surface area contributed by atoms with E-state index in [-0.39, 0.29) is 24.1 Å². The van der Waals surface area contributed by atoms with E-state index in [9.17, 15) is 4.79 Å². The van der Waals surface area contributed by atoms with Crippen molar-refractivity contribution in [1.29, 1.82) is 0 Å². The lowest BCUT2D eigenvalue weighted by Crippen LogP contribution is -2.56. The summed E-state index contributed by atoms with van der Waals surface area (Å²) >= 11 is 0. The van der Waals surface area contributed by atoms with Gasteiger partial charge in [-0.2, -0.15) is 0 Å². The summed E-state index contributed by atoms with van der Waals surface area (Å²) in [4.78, 5) is 15.0. The van der Waals surface area contributed by atoms with Gasteiger partial charge >= 0.3 is 6.09 Å². The second kappa shape index (κ2) is 8.25. The zero-order valence-corrected chi connectivity index (χ0v) is 17.3. The van der Waals surface area contributed by atoms with Crippen molar-refractivity contribution < 1.29 is 19.0 Å². The Balaban J connectivity index is 1.32. The lowest BCUT2D eigenvalue weighted by molar-refractivity contribution is -0.0367. The third kappa shape index (κ3) is 3.42. The molecule has 5 rings (SSSR count). The molecule has 2 aliphatic heterocycles. The summed E-state index contributed by atoms with van der Waals surface area (Å²) in [6.07, 6.45) is 3.65. The SMILES string of the molecule is COCCC1=CC2COCC(C1)N2C(=O)OCC1c2ccccc2-c2ccccc21. The fraction of sp³-hybridized carbons (Fsp3) is 0.400. The number of carbonyl (C=O) groups is 1. The number of morpholine rings is 1. The monoisotopic (exact) mass is 405 g/mol. The first-order valence-corrected chi connectivity index (χ1v) is 10.7. The van der Waals surface area contributed by atoms with Crippen LogP contribution in [-0.2, 0) is 14.2 Å². The van der Waals surface area contributed by atoms with E-state index < -0.39 is 0 Å². The molecule has 1 amide bonds. The predicted octanol–water partition coefficient (Wildman–Crippen LogP) is 4.37. The minimum atomic E-state index is -0.239. The van der Waals surface area contributed by atoms with E-state index in [0.29, 0.717) is 26.4 Å². The fourth-order valence-corrected chi connectivity index (χ4v) is 5.06. The Kier molecular flexibility index (Phi) is 5.32. The molecule has 1 fully saturated rings. The van der Waals surface area contributed by atoms with Crippen molar-refractivity contribution in [2.45, 2.75) is 30.8 Å². The Bertz CT molecular complexity index is 924. The molecular formula is C25H27NO4. The molecule has 0 radical (unpaired) electrons. The van der Waals surface area contributed by atoms with Gasteiger partial charge in [0.25, 0.3) is 0 Å². The van der Waals surface area contributed by atoms with Gasteiger partial charge in [-0.15, -0.1) is 0 Å². The maximum Gasteiger partial charge on any atom is 0.410 e. The van der Waals surface area contributed by atoms with Crippen LogP contribution in [0.25, 0.3) is 11.1 Å². The van der Waals surface area contributed by atoms with Crippen molar-refractivity contribution in [2.75, 3.05) is 33.5 Å². The second-order valence-electron chi connectivity index (χ2n) is 8.24. The van der Waals surface area contributed by atoms with Gasteiger partial charge in [0.05, 0.1) is 25.3 Å². The predicted molar refractivity (Wildman–Crippen MR) is 114 cm³/mol. The normalized spacial score (nSPS) is 22.3. The third-order valence-corrected chi connectivity index (χ3v) is 6.45. The van der Waals surface area contributed by atoms with Gasteiger partial charge in [-0.25, -0.2) is 4.79 Å². The van der Waals surface area contributed by atoms with E-state index in [1.54, 1.807) is 7.11 Å². The second-order valence-corrected chi connectivity index (χ2v) is 8.24. The van der Waals surface area contributed by atoms with E-state index in [4.69, 9.17) is 14.2 Å². The van der Waals surface area contributed by atoms with Crippen molar-refractivity contribution in [3.63, 3.8) is 0 Å². The molecule has 156 valence electrons. The van der Waals surface area contributed by atoms with Gasteiger partial charge in [-0.05, 0) is 35.1 Å². The molecule has 2 aromatic rings. The van der Waals surface area contributed by atoms with Gasteiger partial charge in [-0.1, -0.05) is 60.2 Å². The summed E-state index contributed by atoms with van der Waals surface area (Å²) in [5.74, 6) is 0.0787. The molecule has 0 N–H and O–H groups in total. The van der Waals surface area contributed by atoms with Crippen LogP contribution in [-0.4, -0.2) is 56.6 Å². The maximum absolute atomic E-state index is 13.1. The Morgan fingerprint density at radius 3 is 2.43 bits per heavy atom. The highest BCUT2D eigenvalue weighted by atomic mass is 16.6. The average molecular weight is 405 g/mol. The van der Waals surface area contributed by atoms with Crippen LogP contribution in [0.3, 0.4) is 0 Å². The van der Waals surface area contributed by atoms with Crippen LogP contribution in [0.1, 0.15) is 29.9 Å². The van der Waals surface area contributed by atoms with Crippen LogP contribution in [0.5, 0.6) is 0 Å². The number of ether oxygens (including phenoxy) is 3. The molecule has 1 saturated heterocycles. The summed E-state index contributed by atoms with van der Waals surface area (Å²) in [6, 6.07) is 16.8. The molecule has 3 aliphatic rings. The van der Waals surface area contributed by atoms with Crippen LogP contribution >= 0.6 is 0 Å². The summed E-state index contributed by atoms with van der Waals surface area (Å²) in [7, 11) is 1.72. The number of nitrogens with zero attached hydrogens (tertiary/aromatic N) is 1. The quantitative estimate of drug-likeness (QED) is 0.693. The summed E-state index contributed by atoms with van der Waals surface area (Å²) in [5.41, 5.74) is 6.29. The summed E-state index contributed by atoms with van der Waals surface area (Å²) in [6.45, 7) is 2.14. The highest BCUT2D eigenvalue weighted by Crippen LogP contribution is 2.44. The lowest BCUT2D eigenvalue weighted by Gasteiger charge is -2.44. The number of amides is 1. The number of hydrogen-bond acceptors (Lipinski definition) is 4. The lowest BCUT2D eigenvalue weighted by atomic mass is 9.93. The van der Waals surface area contributed by atoms with Gasteiger partial charge in [0.1, 0.15) is 6.61 Å². The van der Waals surface area contributed by atoms with Gasteiger partial charge < -0.3 is 14.2 Å². The molecule has 5 heteroatoms. The first-order valence-electron chi connectivity index (χ1n) is 10.7. The third-order valence-electron chi connectivity index (χ3n) is 6.45. The van der Waals surface area contributed by atoms with Crippen molar-refractivity contribution in [2.24, 2.45) is 0 Å². The van der Waals surface area contributed by atoms with E-state index in [2.05, 4.69) is 54.6 Å². The highest BCUT2D eigenvalue weighted by molar-refractivity contribution is 5.79.